The van der Waals surface area contributed by atoms with E-state index in [0.29, 0.717) is 25.0 Å². The molecule has 1 aromatic heterocycles. The lowest BCUT2D eigenvalue weighted by Crippen LogP contribution is -2.48. The smallest absolute Gasteiger partial charge is 0.311 e. The van der Waals surface area contributed by atoms with Crippen molar-refractivity contribution in [3.05, 3.63) is 34.5 Å². The van der Waals surface area contributed by atoms with Crippen LogP contribution < -0.4 is 0 Å². The van der Waals surface area contributed by atoms with Crippen LogP contribution in [0.4, 0.5) is 0 Å². The van der Waals surface area contributed by atoms with Crippen molar-refractivity contribution >= 4 is 38.8 Å². The van der Waals surface area contributed by atoms with E-state index in [9.17, 15) is 14.7 Å². The minimum atomic E-state index is -0.886. The van der Waals surface area contributed by atoms with Crippen LogP contribution in [0.1, 0.15) is 30.3 Å². The number of carbonyl (C=O) groups is 2. The maximum Gasteiger partial charge on any atom is 0.311 e. The Kier molecular flexibility index (Phi) is 3.72. The van der Waals surface area contributed by atoms with Crippen LogP contribution in [0, 0.1) is 5.41 Å². The van der Waals surface area contributed by atoms with Gasteiger partial charge in [-0.1, -0.05) is 15.9 Å². The zero-order chi connectivity index (χ0) is 15.9. The third kappa shape index (κ3) is 2.63. The summed E-state index contributed by atoms with van der Waals surface area (Å²) >= 11 is 3.38. The predicted octanol–water partition coefficient (Wildman–Crippen LogP) is 3.52. The Bertz CT molecular complexity index is 754. The minimum Gasteiger partial charge on any atom is -0.481 e. The first-order valence-corrected chi connectivity index (χ1v) is 7.90. The molecule has 1 aliphatic rings. The van der Waals surface area contributed by atoms with Crippen LogP contribution in [0.5, 0.6) is 0 Å². The highest BCUT2D eigenvalue weighted by Crippen LogP contribution is 2.31. The number of aliphatic carboxylic acids is 1. The third-order valence-electron chi connectivity index (χ3n) is 4.19. The summed E-state index contributed by atoms with van der Waals surface area (Å²) in [5, 5.41) is 10.2. The van der Waals surface area contributed by atoms with E-state index in [1.807, 2.05) is 12.1 Å². The van der Waals surface area contributed by atoms with E-state index in [1.54, 1.807) is 24.0 Å². The molecule has 5 nitrogen and oxygen atoms in total. The lowest BCUT2D eigenvalue weighted by atomic mass is 9.82. The van der Waals surface area contributed by atoms with Gasteiger partial charge in [0.15, 0.2) is 5.76 Å². The maximum atomic E-state index is 12.6. The number of hydrogen-bond donors (Lipinski definition) is 1. The summed E-state index contributed by atoms with van der Waals surface area (Å²) in [6.45, 7) is 2.45. The van der Waals surface area contributed by atoms with Gasteiger partial charge in [0.2, 0.25) is 0 Å². The summed E-state index contributed by atoms with van der Waals surface area (Å²) in [4.78, 5) is 25.6. The topological polar surface area (TPSA) is 70.8 Å². The number of carboxylic acids is 1. The van der Waals surface area contributed by atoms with Crippen LogP contribution in [-0.2, 0) is 4.79 Å². The van der Waals surface area contributed by atoms with Crippen LogP contribution in [0.25, 0.3) is 11.0 Å². The molecule has 0 radical (unpaired) electrons. The van der Waals surface area contributed by atoms with Gasteiger partial charge < -0.3 is 14.4 Å². The van der Waals surface area contributed by atoms with Crippen molar-refractivity contribution < 1.29 is 19.1 Å². The van der Waals surface area contributed by atoms with Gasteiger partial charge in [-0.25, -0.2) is 0 Å². The summed E-state index contributed by atoms with van der Waals surface area (Å²) in [7, 11) is 0. The van der Waals surface area contributed by atoms with Crippen LogP contribution in [0.2, 0.25) is 0 Å². The lowest BCUT2D eigenvalue weighted by molar-refractivity contribution is -0.150. The summed E-state index contributed by atoms with van der Waals surface area (Å²) in [6, 6.07) is 7.23. The number of carboxylic acid groups (broad SMARTS) is 1. The van der Waals surface area contributed by atoms with Crippen molar-refractivity contribution in [1.29, 1.82) is 0 Å². The summed E-state index contributed by atoms with van der Waals surface area (Å²) in [6.07, 6.45) is 1.26. The van der Waals surface area contributed by atoms with Gasteiger partial charge in [-0.2, -0.15) is 0 Å². The molecule has 0 saturated carbocycles. The molecule has 116 valence electrons. The molecule has 3 rings (SSSR count). The molecular weight excluding hydrogens is 350 g/mol. The molecule has 2 heterocycles. The van der Waals surface area contributed by atoms with Gasteiger partial charge in [0.25, 0.3) is 5.91 Å². The number of carbonyl (C=O) groups excluding carboxylic acids is 1. The quantitative estimate of drug-likeness (QED) is 0.883. The molecule has 1 aromatic carbocycles. The number of benzene rings is 1. The zero-order valence-electron chi connectivity index (χ0n) is 12.1. The number of amides is 1. The number of nitrogens with zero attached hydrogens (tertiary/aromatic N) is 1. The normalized spacial score (nSPS) is 22.0. The second kappa shape index (κ2) is 5.43. The first kappa shape index (κ1) is 15.1. The molecule has 0 bridgehead atoms. The molecule has 1 amide bonds. The highest BCUT2D eigenvalue weighted by atomic mass is 79.9. The lowest BCUT2D eigenvalue weighted by Gasteiger charge is -2.37. The van der Waals surface area contributed by atoms with E-state index in [1.165, 1.54) is 0 Å². The Morgan fingerprint density at radius 2 is 2.14 bits per heavy atom. The van der Waals surface area contributed by atoms with E-state index in [-0.39, 0.29) is 18.2 Å². The highest BCUT2D eigenvalue weighted by molar-refractivity contribution is 9.10. The Morgan fingerprint density at radius 3 is 2.86 bits per heavy atom. The Hall–Kier alpha value is -1.82. The first-order chi connectivity index (χ1) is 10.4. The zero-order valence-corrected chi connectivity index (χ0v) is 13.7. The Morgan fingerprint density at radius 1 is 1.36 bits per heavy atom. The van der Waals surface area contributed by atoms with E-state index >= 15 is 0 Å². The molecule has 1 aliphatic heterocycles. The van der Waals surface area contributed by atoms with E-state index in [0.717, 1.165) is 9.86 Å². The monoisotopic (exact) mass is 365 g/mol. The molecule has 1 saturated heterocycles. The molecule has 1 N–H and O–H groups in total. The molecule has 1 fully saturated rings. The fourth-order valence-electron chi connectivity index (χ4n) is 2.86. The van der Waals surface area contributed by atoms with Gasteiger partial charge in [0.1, 0.15) is 5.58 Å². The van der Waals surface area contributed by atoms with Crippen molar-refractivity contribution in [3.8, 4) is 0 Å². The van der Waals surface area contributed by atoms with E-state index < -0.39 is 11.4 Å². The Labute approximate surface area is 136 Å². The maximum absolute atomic E-state index is 12.6. The van der Waals surface area contributed by atoms with Gasteiger partial charge in [-0.3, -0.25) is 9.59 Å². The average molecular weight is 366 g/mol. The SMILES string of the molecule is CC1(C(=O)O)CCCN(C(=O)c2cc3cc(Br)ccc3o2)C1. The van der Waals surface area contributed by atoms with Gasteiger partial charge in [0.05, 0.1) is 5.41 Å². The fraction of sp³-hybridized carbons (Fsp3) is 0.375. The molecule has 1 atom stereocenters. The Balaban J connectivity index is 1.87. The van der Waals surface area contributed by atoms with Gasteiger partial charge in [-0.15, -0.1) is 0 Å². The van der Waals surface area contributed by atoms with Gasteiger partial charge >= 0.3 is 5.97 Å². The highest BCUT2D eigenvalue weighted by Gasteiger charge is 2.40. The van der Waals surface area contributed by atoms with Crippen LogP contribution >= 0.6 is 15.9 Å². The predicted molar refractivity (Wildman–Crippen MR) is 84.8 cm³/mol. The molecule has 22 heavy (non-hydrogen) atoms. The standard InChI is InChI=1S/C16H16BrNO4/c1-16(15(20)21)5-2-6-18(9-16)14(19)13-8-10-7-11(17)3-4-12(10)22-13/h3-4,7-8H,2,5-6,9H2,1H3,(H,20,21). The minimum absolute atomic E-state index is 0.210. The largest absolute Gasteiger partial charge is 0.481 e. The molecule has 0 aliphatic carbocycles. The number of likely N-dealkylation sites (tertiary alicyclic amines) is 1. The number of piperidine rings is 1. The van der Waals surface area contributed by atoms with Crippen molar-refractivity contribution in [2.75, 3.05) is 13.1 Å². The second-order valence-corrected chi connectivity index (χ2v) is 6.90. The van der Waals surface area contributed by atoms with Crippen LogP contribution in [-0.4, -0.2) is 35.0 Å². The van der Waals surface area contributed by atoms with Gasteiger partial charge in [0, 0.05) is 22.9 Å². The van der Waals surface area contributed by atoms with E-state index in [4.69, 9.17) is 4.42 Å². The van der Waals surface area contributed by atoms with Crippen molar-refractivity contribution in [3.63, 3.8) is 0 Å². The summed E-state index contributed by atoms with van der Waals surface area (Å²) in [5.74, 6) is -0.860. The number of rotatable bonds is 2. The number of halogens is 1. The molecule has 1 unspecified atom stereocenters. The number of furan rings is 1. The van der Waals surface area contributed by atoms with Crippen LogP contribution in [0.15, 0.2) is 33.2 Å². The summed E-state index contributed by atoms with van der Waals surface area (Å²) < 4.78 is 6.52. The van der Waals surface area contributed by atoms with Crippen LogP contribution in [0.3, 0.4) is 0 Å². The first-order valence-electron chi connectivity index (χ1n) is 7.11. The van der Waals surface area contributed by atoms with Crippen molar-refractivity contribution in [2.45, 2.75) is 19.8 Å². The summed E-state index contributed by atoms with van der Waals surface area (Å²) in [5.41, 5.74) is -0.243. The molecule has 6 heteroatoms. The van der Waals surface area contributed by atoms with Gasteiger partial charge in [-0.05, 0) is 44.0 Å². The third-order valence-corrected chi connectivity index (χ3v) is 4.68. The molecular formula is C16H16BrNO4. The number of hydrogen-bond acceptors (Lipinski definition) is 3. The molecule has 0 spiro atoms. The fourth-order valence-corrected chi connectivity index (χ4v) is 3.24. The second-order valence-electron chi connectivity index (χ2n) is 5.99. The van der Waals surface area contributed by atoms with Crippen molar-refractivity contribution in [2.24, 2.45) is 5.41 Å². The van der Waals surface area contributed by atoms with Crippen molar-refractivity contribution in [1.82, 2.24) is 4.90 Å². The number of fused-ring (bicyclic) bond motifs is 1. The average Bonchev–Trinajstić information content (AvgIpc) is 2.89. The van der Waals surface area contributed by atoms with E-state index in [2.05, 4.69) is 15.9 Å². The molecule has 2 aromatic rings.